The predicted molar refractivity (Wildman–Crippen MR) is 56.1 cm³/mol. The standard InChI is InChI=1S/C10H10BrFN2/c1-14(2)10(6-13)8-5-7(12)3-4-9(8)11/h3-5,10H,1-2H3. The zero-order valence-corrected chi connectivity index (χ0v) is 9.55. The molecular weight excluding hydrogens is 247 g/mol. The molecule has 0 bridgehead atoms. The van der Waals surface area contributed by atoms with Gasteiger partial charge in [-0.1, -0.05) is 15.9 Å². The second-order valence-electron chi connectivity index (χ2n) is 3.16. The Morgan fingerprint density at radius 3 is 2.64 bits per heavy atom. The third-order valence-electron chi connectivity index (χ3n) is 1.89. The van der Waals surface area contributed by atoms with Crippen molar-refractivity contribution in [1.82, 2.24) is 4.90 Å². The van der Waals surface area contributed by atoms with Crippen LogP contribution in [-0.4, -0.2) is 19.0 Å². The monoisotopic (exact) mass is 256 g/mol. The molecule has 0 saturated carbocycles. The minimum absolute atomic E-state index is 0.328. The first-order chi connectivity index (χ1) is 6.56. The molecule has 74 valence electrons. The van der Waals surface area contributed by atoms with E-state index in [0.717, 1.165) is 4.47 Å². The van der Waals surface area contributed by atoms with Crippen LogP contribution in [-0.2, 0) is 0 Å². The average molecular weight is 257 g/mol. The molecule has 1 aromatic carbocycles. The Morgan fingerprint density at radius 1 is 1.50 bits per heavy atom. The Hall–Kier alpha value is -0.920. The smallest absolute Gasteiger partial charge is 0.124 e. The van der Waals surface area contributed by atoms with Gasteiger partial charge in [-0.2, -0.15) is 5.26 Å². The molecule has 0 aliphatic rings. The van der Waals surface area contributed by atoms with E-state index in [1.807, 2.05) is 0 Å². The van der Waals surface area contributed by atoms with Crippen molar-refractivity contribution in [3.05, 3.63) is 34.1 Å². The molecule has 0 saturated heterocycles. The number of rotatable bonds is 2. The summed E-state index contributed by atoms with van der Waals surface area (Å²) in [6.07, 6.45) is 0. The van der Waals surface area contributed by atoms with E-state index < -0.39 is 6.04 Å². The van der Waals surface area contributed by atoms with E-state index in [4.69, 9.17) is 5.26 Å². The molecule has 1 unspecified atom stereocenters. The topological polar surface area (TPSA) is 27.0 Å². The number of hydrogen-bond acceptors (Lipinski definition) is 2. The number of hydrogen-bond donors (Lipinski definition) is 0. The first-order valence-corrected chi connectivity index (χ1v) is 4.86. The van der Waals surface area contributed by atoms with Crippen LogP contribution in [0.4, 0.5) is 4.39 Å². The zero-order chi connectivity index (χ0) is 10.7. The van der Waals surface area contributed by atoms with Crippen molar-refractivity contribution in [2.24, 2.45) is 0 Å². The molecule has 0 amide bonds. The highest BCUT2D eigenvalue weighted by atomic mass is 79.9. The van der Waals surface area contributed by atoms with Gasteiger partial charge in [-0.25, -0.2) is 4.39 Å². The van der Waals surface area contributed by atoms with Gasteiger partial charge in [0.05, 0.1) is 6.07 Å². The van der Waals surface area contributed by atoms with E-state index in [1.165, 1.54) is 12.1 Å². The first kappa shape index (κ1) is 11.2. The Kier molecular flexibility index (Phi) is 3.62. The lowest BCUT2D eigenvalue weighted by molar-refractivity contribution is 0.356. The zero-order valence-electron chi connectivity index (χ0n) is 7.96. The number of halogens is 2. The summed E-state index contributed by atoms with van der Waals surface area (Å²) in [4.78, 5) is 1.74. The van der Waals surface area contributed by atoms with Crippen molar-refractivity contribution in [3.8, 4) is 6.07 Å². The van der Waals surface area contributed by atoms with Crippen molar-refractivity contribution >= 4 is 15.9 Å². The number of nitrogens with zero attached hydrogens (tertiary/aromatic N) is 2. The van der Waals surface area contributed by atoms with Crippen molar-refractivity contribution in [1.29, 1.82) is 5.26 Å². The van der Waals surface area contributed by atoms with E-state index in [2.05, 4.69) is 22.0 Å². The summed E-state index contributed by atoms with van der Waals surface area (Å²) < 4.78 is 13.7. The largest absolute Gasteiger partial charge is 0.290 e. The fourth-order valence-corrected chi connectivity index (χ4v) is 1.65. The molecule has 0 spiro atoms. The van der Waals surface area contributed by atoms with Gasteiger partial charge in [-0.3, -0.25) is 4.90 Å². The van der Waals surface area contributed by atoms with Crippen LogP contribution >= 0.6 is 15.9 Å². The SMILES string of the molecule is CN(C)C(C#N)c1cc(F)ccc1Br. The van der Waals surface area contributed by atoms with E-state index in [-0.39, 0.29) is 5.82 Å². The summed E-state index contributed by atoms with van der Waals surface area (Å²) in [6, 6.07) is 6.03. The first-order valence-electron chi connectivity index (χ1n) is 4.07. The van der Waals surface area contributed by atoms with Crippen molar-refractivity contribution < 1.29 is 4.39 Å². The summed E-state index contributed by atoms with van der Waals surface area (Å²) >= 11 is 3.30. The van der Waals surface area contributed by atoms with Crippen LogP contribution in [0.1, 0.15) is 11.6 Å². The molecule has 0 aliphatic carbocycles. The second-order valence-corrected chi connectivity index (χ2v) is 4.02. The highest BCUT2D eigenvalue weighted by molar-refractivity contribution is 9.10. The maximum Gasteiger partial charge on any atom is 0.124 e. The van der Waals surface area contributed by atoms with Gasteiger partial charge >= 0.3 is 0 Å². The number of benzene rings is 1. The summed E-state index contributed by atoms with van der Waals surface area (Å²) in [5, 5.41) is 8.93. The molecule has 2 nitrogen and oxygen atoms in total. The highest BCUT2D eigenvalue weighted by Crippen LogP contribution is 2.26. The minimum atomic E-state index is -0.430. The molecule has 0 fully saturated rings. The molecule has 0 N–H and O–H groups in total. The summed E-state index contributed by atoms with van der Waals surface area (Å²) in [6.45, 7) is 0. The van der Waals surface area contributed by atoms with Gasteiger partial charge in [0.2, 0.25) is 0 Å². The number of nitriles is 1. The molecule has 0 aromatic heterocycles. The highest BCUT2D eigenvalue weighted by Gasteiger charge is 2.16. The average Bonchev–Trinajstić information content (AvgIpc) is 2.11. The Balaban J connectivity index is 3.17. The molecule has 1 rings (SSSR count). The fourth-order valence-electron chi connectivity index (χ4n) is 1.19. The Bertz CT molecular complexity index is 371. The lowest BCUT2D eigenvalue weighted by Gasteiger charge is -2.18. The molecule has 0 radical (unpaired) electrons. The molecule has 1 atom stereocenters. The summed E-state index contributed by atoms with van der Waals surface area (Å²) in [7, 11) is 3.57. The quantitative estimate of drug-likeness (QED) is 0.814. The Labute approximate surface area is 91.1 Å². The summed E-state index contributed by atoms with van der Waals surface area (Å²) in [5.74, 6) is -0.328. The summed E-state index contributed by atoms with van der Waals surface area (Å²) in [5.41, 5.74) is 0.650. The molecule has 14 heavy (non-hydrogen) atoms. The van der Waals surface area contributed by atoms with Crippen molar-refractivity contribution in [2.75, 3.05) is 14.1 Å². The normalized spacial score (nSPS) is 12.6. The van der Waals surface area contributed by atoms with Crippen molar-refractivity contribution in [3.63, 3.8) is 0 Å². The van der Waals surface area contributed by atoms with Gasteiger partial charge in [-0.15, -0.1) is 0 Å². The van der Waals surface area contributed by atoms with E-state index in [9.17, 15) is 4.39 Å². The molecular formula is C10H10BrFN2. The Morgan fingerprint density at radius 2 is 2.14 bits per heavy atom. The van der Waals surface area contributed by atoms with Gasteiger partial charge in [0.15, 0.2) is 0 Å². The van der Waals surface area contributed by atoms with Gasteiger partial charge in [0, 0.05) is 10.0 Å². The maximum atomic E-state index is 13.0. The third kappa shape index (κ3) is 2.31. The van der Waals surface area contributed by atoms with E-state index in [1.54, 1.807) is 25.1 Å². The van der Waals surface area contributed by atoms with Crippen molar-refractivity contribution in [2.45, 2.75) is 6.04 Å². The van der Waals surface area contributed by atoms with Crippen LogP contribution in [0.15, 0.2) is 22.7 Å². The minimum Gasteiger partial charge on any atom is -0.290 e. The van der Waals surface area contributed by atoms with E-state index in [0.29, 0.717) is 5.56 Å². The molecule has 0 aliphatic heterocycles. The third-order valence-corrected chi connectivity index (χ3v) is 2.61. The van der Waals surface area contributed by atoms with E-state index >= 15 is 0 Å². The van der Waals surface area contributed by atoms with Crippen LogP contribution in [0, 0.1) is 17.1 Å². The van der Waals surface area contributed by atoms with Gasteiger partial charge < -0.3 is 0 Å². The molecule has 0 heterocycles. The lowest BCUT2D eigenvalue weighted by Crippen LogP contribution is -2.18. The van der Waals surface area contributed by atoms with Crippen LogP contribution in [0.5, 0.6) is 0 Å². The van der Waals surface area contributed by atoms with Crippen LogP contribution < -0.4 is 0 Å². The predicted octanol–water partition coefficient (Wildman–Crippen LogP) is 2.71. The fraction of sp³-hybridized carbons (Fsp3) is 0.300. The van der Waals surface area contributed by atoms with Crippen LogP contribution in [0.2, 0.25) is 0 Å². The maximum absolute atomic E-state index is 13.0. The van der Waals surface area contributed by atoms with Crippen LogP contribution in [0.3, 0.4) is 0 Å². The van der Waals surface area contributed by atoms with Crippen LogP contribution in [0.25, 0.3) is 0 Å². The lowest BCUT2D eigenvalue weighted by atomic mass is 10.1. The van der Waals surface area contributed by atoms with Gasteiger partial charge in [0.1, 0.15) is 11.9 Å². The second kappa shape index (κ2) is 4.54. The molecule has 1 aromatic rings. The molecule has 4 heteroatoms. The van der Waals surface area contributed by atoms with Gasteiger partial charge in [0.25, 0.3) is 0 Å². The van der Waals surface area contributed by atoms with Gasteiger partial charge in [-0.05, 0) is 32.3 Å².